The van der Waals surface area contributed by atoms with Gasteiger partial charge in [0.25, 0.3) is 0 Å². The molecule has 1 heterocycles. The quantitative estimate of drug-likeness (QED) is 0.360. The van der Waals surface area contributed by atoms with E-state index in [2.05, 4.69) is 51.7 Å². The van der Waals surface area contributed by atoms with E-state index in [1.165, 1.54) is 0 Å². The van der Waals surface area contributed by atoms with Crippen LogP contribution in [0.2, 0.25) is 0 Å². The Bertz CT molecular complexity index is 337. The first-order chi connectivity index (χ1) is 11.9. The monoisotopic (exact) mass is 456 g/mol. The summed E-state index contributed by atoms with van der Waals surface area (Å²) in [5.74, 6) is 5.19. The number of aliphatic hydroxyl groups is 1. The van der Waals surface area contributed by atoms with E-state index < -0.39 is 0 Å². The zero-order chi connectivity index (χ0) is 20.6. The fourth-order valence-corrected chi connectivity index (χ4v) is 1.08. The molecule has 0 aromatic heterocycles. The third kappa shape index (κ3) is 66.0. The molecule has 1 rings (SSSR count). The summed E-state index contributed by atoms with van der Waals surface area (Å²) in [7, 11) is 0. The average molecular weight is 456 g/mol. The Hall–Kier alpha value is -1.11. The molecule has 1 N–H and O–H groups in total. The van der Waals surface area contributed by atoms with Crippen LogP contribution in [0.4, 0.5) is 0 Å². The molecule has 0 spiro atoms. The van der Waals surface area contributed by atoms with Gasteiger partial charge in [0, 0.05) is 40.2 Å². The van der Waals surface area contributed by atoms with Gasteiger partial charge >= 0.3 is 67.8 Å². The maximum Gasteiger partial charge on any atom is 0 e. The van der Waals surface area contributed by atoms with Crippen molar-refractivity contribution in [3.63, 3.8) is 0 Å². The molecule has 0 saturated carbocycles. The van der Waals surface area contributed by atoms with Gasteiger partial charge in [-0.05, 0) is 19.3 Å². The molecule has 1 unspecified atom stereocenters. The Balaban J connectivity index is -0.0000000332. The van der Waals surface area contributed by atoms with Gasteiger partial charge in [0.2, 0.25) is 0 Å². The van der Waals surface area contributed by atoms with Crippen molar-refractivity contribution in [3.8, 4) is 11.8 Å². The Kier molecular flexibility index (Phi) is 170. The van der Waals surface area contributed by atoms with E-state index in [9.17, 15) is 0 Å². The van der Waals surface area contributed by atoms with E-state index >= 15 is 0 Å². The van der Waals surface area contributed by atoms with Crippen LogP contribution in [0.1, 0.15) is 19.3 Å². The van der Waals surface area contributed by atoms with Crippen LogP contribution in [-0.4, -0.2) is 31.2 Å². The summed E-state index contributed by atoms with van der Waals surface area (Å²) in [6, 6.07) is 0. The van der Waals surface area contributed by atoms with Crippen molar-refractivity contribution in [2.75, 3.05) is 19.8 Å². The first-order valence-electron chi connectivity index (χ1n) is 5.46. The summed E-state index contributed by atoms with van der Waals surface area (Å²) >= 11 is 0. The van der Waals surface area contributed by atoms with E-state index in [0.717, 1.165) is 25.9 Å². The van der Waals surface area contributed by atoms with Crippen molar-refractivity contribution in [3.05, 3.63) is 39.9 Å². The van der Waals surface area contributed by atoms with Crippen LogP contribution in [0.25, 0.3) is 0 Å². The molecule has 1 saturated heterocycles. The third-order valence-corrected chi connectivity index (χ3v) is 1.68. The van der Waals surface area contributed by atoms with Crippen molar-refractivity contribution in [1.29, 1.82) is 0 Å². The molecule has 0 aliphatic carbocycles. The minimum Gasteiger partial charge on any atom is 0 e. The molecule has 26 heavy (non-hydrogen) atoms. The maximum absolute atomic E-state index is 8.34. The second-order valence-corrected chi connectivity index (χ2v) is 2.62. The third-order valence-electron chi connectivity index (χ3n) is 1.68. The number of hydrogen-bond donors (Lipinski definition) is 1. The maximum atomic E-state index is 8.34. The predicted octanol–water partition coefficient (Wildman–Crippen LogP) is 0.295. The van der Waals surface area contributed by atoms with Gasteiger partial charge in [-0.1, -0.05) is 11.8 Å². The van der Waals surface area contributed by atoms with Gasteiger partial charge in [0.1, 0.15) is 13.2 Å². The molecule has 0 amide bonds. The molecule has 1 aliphatic rings. The molecular formula is C15H14Co2O9. The summed E-state index contributed by atoms with van der Waals surface area (Å²) < 4.78 is 55.6. The Morgan fingerprint density at radius 3 is 1.54 bits per heavy atom. The van der Waals surface area contributed by atoms with E-state index in [-0.39, 0.29) is 46.5 Å². The zero-order valence-electron chi connectivity index (χ0n) is 13.2. The van der Waals surface area contributed by atoms with Crippen molar-refractivity contribution < 1.29 is 76.1 Å². The fraction of sp³-hybridized carbons (Fsp3) is 0.467. The van der Waals surface area contributed by atoms with Crippen LogP contribution in [0.15, 0.2) is 0 Å². The molecule has 0 bridgehead atoms. The van der Waals surface area contributed by atoms with Crippen molar-refractivity contribution in [2.24, 2.45) is 0 Å². The standard InChI is InChI=1S/C9H14O3.6CO.2Co/c10-6-2-4-8-12-9-5-1-3-7-11-9;6*1-2;;/h9-10H,1,3,5-8H2;;;;;;;;. The first-order valence-corrected chi connectivity index (χ1v) is 5.46. The molecular weight excluding hydrogens is 442 g/mol. The van der Waals surface area contributed by atoms with Gasteiger partial charge in [0.05, 0.1) is 0 Å². The fourth-order valence-electron chi connectivity index (χ4n) is 1.08. The molecule has 11 heteroatoms. The normalized spacial score (nSPS) is 11.0. The van der Waals surface area contributed by atoms with Crippen LogP contribution >= 0.6 is 0 Å². The zero-order valence-corrected chi connectivity index (χ0v) is 15.3. The Labute approximate surface area is 173 Å². The summed E-state index contributed by atoms with van der Waals surface area (Å²) in [5.41, 5.74) is 0. The molecule has 9 nitrogen and oxygen atoms in total. The van der Waals surface area contributed by atoms with Crippen molar-refractivity contribution in [2.45, 2.75) is 25.6 Å². The molecule has 1 aliphatic heterocycles. The van der Waals surface area contributed by atoms with Crippen molar-refractivity contribution in [1.82, 2.24) is 0 Å². The molecule has 146 valence electrons. The van der Waals surface area contributed by atoms with E-state index in [1.54, 1.807) is 0 Å². The van der Waals surface area contributed by atoms with Gasteiger partial charge < -0.3 is 14.6 Å². The number of aliphatic hydroxyl groups excluding tert-OH is 1. The van der Waals surface area contributed by atoms with Gasteiger partial charge in [-0.25, -0.2) is 0 Å². The Morgan fingerprint density at radius 1 is 0.808 bits per heavy atom. The van der Waals surface area contributed by atoms with E-state index in [0.29, 0.717) is 6.61 Å². The Morgan fingerprint density at radius 2 is 1.23 bits per heavy atom. The van der Waals surface area contributed by atoms with Crippen LogP contribution in [0.3, 0.4) is 0 Å². The SMILES string of the molecule is OCC#CCOC1CCCCO1.[C-]#[O+].[C-]#[O+].[C-]#[O+].[C-]#[O+].[C-]#[O+].[C-]#[O+].[Co].[Co]. The minimum absolute atomic E-state index is 0. The van der Waals surface area contributed by atoms with Crippen LogP contribution in [0, 0.1) is 51.7 Å². The smallest absolute Gasteiger partial charge is 0 e. The minimum atomic E-state index is -0.102. The summed E-state index contributed by atoms with van der Waals surface area (Å²) in [6.45, 7) is 28.0. The molecule has 1 fully saturated rings. The molecule has 0 aromatic carbocycles. The van der Waals surface area contributed by atoms with Crippen LogP contribution in [0.5, 0.6) is 0 Å². The van der Waals surface area contributed by atoms with Gasteiger partial charge in [-0.15, -0.1) is 0 Å². The summed E-state index contributed by atoms with van der Waals surface area (Å²) in [6.07, 6.45) is 3.17. The molecule has 1 atom stereocenters. The van der Waals surface area contributed by atoms with E-state index in [4.69, 9.17) is 42.5 Å². The largest absolute Gasteiger partial charge is 0 e. The van der Waals surface area contributed by atoms with Gasteiger partial charge in [-0.3, -0.25) is 0 Å². The number of ether oxygens (including phenoxy) is 2. The summed E-state index contributed by atoms with van der Waals surface area (Å²) in [5, 5.41) is 8.34. The second kappa shape index (κ2) is 88.5. The topological polar surface area (TPSA) is 158 Å². The second-order valence-electron chi connectivity index (χ2n) is 2.62. The number of hydrogen-bond acceptors (Lipinski definition) is 3. The summed E-state index contributed by atoms with van der Waals surface area (Å²) in [4.78, 5) is 0. The van der Waals surface area contributed by atoms with Gasteiger partial charge in [-0.2, -0.15) is 0 Å². The first kappa shape index (κ1) is 49.8. The molecule has 2 radical (unpaired) electrons. The number of rotatable bonds is 2. The average Bonchev–Trinajstić information content (AvgIpc) is 2.75. The van der Waals surface area contributed by atoms with Crippen LogP contribution in [-0.2, 0) is 70.9 Å². The van der Waals surface area contributed by atoms with Crippen molar-refractivity contribution >= 4 is 0 Å². The molecule has 0 aromatic rings. The predicted molar refractivity (Wildman–Crippen MR) is 68.0 cm³/mol. The van der Waals surface area contributed by atoms with E-state index in [1.807, 2.05) is 0 Å². The van der Waals surface area contributed by atoms with Crippen LogP contribution < -0.4 is 0 Å². The van der Waals surface area contributed by atoms with Gasteiger partial charge in [0.15, 0.2) is 6.29 Å².